The third-order valence-corrected chi connectivity index (χ3v) is 8.77. The Labute approximate surface area is 266 Å². The van der Waals surface area contributed by atoms with Crippen molar-refractivity contribution < 1.29 is 4.79 Å². The first-order valence-electron chi connectivity index (χ1n) is 15.6. The Hall–Kier alpha value is -3.56. The highest BCUT2D eigenvalue weighted by Crippen LogP contribution is 2.39. The summed E-state index contributed by atoms with van der Waals surface area (Å²) in [5.74, 6) is 5.99. The number of piperazine rings is 1. The second-order valence-electron chi connectivity index (χ2n) is 11.7. The van der Waals surface area contributed by atoms with E-state index in [9.17, 15) is 4.79 Å². The zero-order chi connectivity index (χ0) is 30.7. The van der Waals surface area contributed by atoms with Crippen molar-refractivity contribution in [3.63, 3.8) is 0 Å². The lowest BCUT2D eigenvalue weighted by atomic mass is 9.86. The number of amides is 1. The number of carbonyl (C=O) groups excluding carboxylic acids is 1. The van der Waals surface area contributed by atoms with E-state index in [0.717, 1.165) is 87.7 Å². The summed E-state index contributed by atoms with van der Waals surface area (Å²) < 4.78 is 2.06. The number of benzene rings is 1. The maximum Gasteiger partial charge on any atom is 0.210 e. The molecule has 0 radical (unpaired) electrons. The summed E-state index contributed by atoms with van der Waals surface area (Å²) in [4.78, 5) is 24.4. The van der Waals surface area contributed by atoms with Crippen LogP contribution in [0.2, 0.25) is 0 Å². The zero-order valence-electron chi connectivity index (χ0n) is 25.7. The van der Waals surface area contributed by atoms with Gasteiger partial charge in [-0.2, -0.15) is 0 Å². The first kappa shape index (κ1) is 31.9. The van der Waals surface area contributed by atoms with Gasteiger partial charge in [0.2, 0.25) is 6.41 Å². The highest BCUT2D eigenvalue weighted by atomic mass is 35.5. The van der Waals surface area contributed by atoms with E-state index in [-0.39, 0.29) is 6.04 Å². The first-order chi connectivity index (χ1) is 21.5. The van der Waals surface area contributed by atoms with E-state index in [1.807, 2.05) is 67.1 Å². The molecule has 0 spiro atoms. The lowest BCUT2D eigenvalue weighted by molar-refractivity contribution is -0.118. The number of imidazole rings is 1. The molecule has 2 aliphatic carbocycles. The molecule has 1 aliphatic heterocycles. The van der Waals surface area contributed by atoms with E-state index in [1.165, 1.54) is 28.8 Å². The van der Waals surface area contributed by atoms with Crippen molar-refractivity contribution in [2.45, 2.75) is 58.2 Å². The number of aromatic nitrogens is 3. The van der Waals surface area contributed by atoms with Gasteiger partial charge < -0.3 is 9.47 Å². The van der Waals surface area contributed by atoms with E-state index in [4.69, 9.17) is 22.4 Å². The van der Waals surface area contributed by atoms with Crippen molar-refractivity contribution in [3.05, 3.63) is 118 Å². The van der Waals surface area contributed by atoms with Crippen molar-refractivity contribution >= 4 is 18.0 Å². The molecule has 1 fully saturated rings. The van der Waals surface area contributed by atoms with Crippen molar-refractivity contribution in [2.24, 2.45) is 5.84 Å². The molecule has 1 unspecified atom stereocenters. The topological polar surface area (TPSA) is 83.5 Å². The van der Waals surface area contributed by atoms with Crippen LogP contribution in [-0.2, 0) is 24.3 Å². The van der Waals surface area contributed by atoms with Gasteiger partial charge in [-0.25, -0.2) is 9.99 Å². The summed E-state index contributed by atoms with van der Waals surface area (Å²) >= 11 is 6.32. The van der Waals surface area contributed by atoms with Crippen molar-refractivity contribution in [1.82, 2.24) is 29.3 Å². The summed E-state index contributed by atoms with van der Waals surface area (Å²) in [6.07, 6.45) is 18.4. The zero-order valence-corrected chi connectivity index (χ0v) is 26.4. The predicted octanol–water partition coefficient (Wildman–Crippen LogP) is 5.57. The Balaban J connectivity index is 0.000000182. The molecule has 3 aromatic rings. The number of carbonyl (C=O) groups is 1. The van der Waals surface area contributed by atoms with Crippen molar-refractivity contribution in [1.29, 1.82) is 0 Å². The Bertz CT molecular complexity index is 1460. The Morgan fingerprint density at radius 1 is 1.05 bits per heavy atom. The number of pyridine rings is 1. The number of hydrogen-bond acceptors (Lipinski definition) is 6. The van der Waals surface area contributed by atoms with Crippen LogP contribution < -0.4 is 5.84 Å². The molecular weight excluding hydrogens is 570 g/mol. The molecule has 3 aliphatic rings. The molecule has 1 atom stereocenters. The fourth-order valence-electron chi connectivity index (χ4n) is 6.18. The van der Waals surface area contributed by atoms with E-state index in [0.29, 0.717) is 6.54 Å². The average Bonchev–Trinajstić information content (AvgIpc) is 3.37. The maximum atomic E-state index is 11.1. The molecule has 2 N–H and O–H groups in total. The number of allylic oxidation sites excluding steroid dienone is 4. The Morgan fingerprint density at radius 2 is 1.86 bits per heavy atom. The van der Waals surface area contributed by atoms with E-state index < -0.39 is 0 Å². The lowest BCUT2D eigenvalue weighted by Crippen LogP contribution is -2.50. The van der Waals surface area contributed by atoms with Gasteiger partial charge in [0, 0.05) is 63.2 Å². The quantitative estimate of drug-likeness (QED) is 0.264. The van der Waals surface area contributed by atoms with Crippen LogP contribution in [0.25, 0.3) is 0 Å². The molecule has 9 heteroatoms. The number of fused-ring (bicyclic) bond motifs is 1. The van der Waals surface area contributed by atoms with Gasteiger partial charge in [-0.1, -0.05) is 65.7 Å². The highest BCUT2D eigenvalue weighted by Gasteiger charge is 2.31. The number of rotatable bonds is 8. The fourth-order valence-corrected chi connectivity index (χ4v) is 6.32. The molecule has 6 rings (SSSR count). The SMILES string of the molecule is Cc1cn(CCCN(C=O)Cc2ccccc2)cn1.NN1CCN(C2C3=C(CC=C(Cl)C=C3)CCCc3cccnc32)CC1. The largest absolute Gasteiger partial charge is 0.341 e. The summed E-state index contributed by atoms with van der Waals surface area (Å²) in [6, 6.07) is 14.5. The first-order valence-corrected chi connectivity index (χ1v) is 16.0. The average molecular weight is 614 g/mol. The van der Waals surface area contributed by atoms with Crippen LogP contribution in [0.3, 0.4) is 0 Å². The van der Waals surface area contributed by atoms with Crippen molar-refractivity contribution in [3.8, 4) is 0 Å². The summed E-state index contributed by atoms with van der Waals surface area (Å²) in [7, 11) is 0. The van der Waals surface area contributed by atoms with Crippen LogP contribution in [0.5, 0.6) is 0 Å². The molecule has 8 nitrogen and oxygen atoms in total. The fraction of sp³-hybridized carbons (Fsp3) is 0.400. The van der Waals surface area contributed by atoms with Crippen LogP contribution in [0.15, 0.2) is 95.6 Å². The van der Waals surface area contributed by atoms with E-state index in [1.54, 1.807) is 4.90 Å². The maximum absolute atomic E-state index is 11.1. The summed E-state index contributed by atoms with van der Waals surface area (Å²) in [5, 5.41) is 2.74. The molecule has 44 heavy (non-hydrogen) atoms. The highest BCUT2D eigenvalue weighted by molar-refractivity contribution is 6.31. The minimum Gasteiger partial charge on any atom is -0.341 e. The number of halogens is 1. The minimum atomic E-state index is 0.201. The molecule has 1 amide bonds. The number of nitrogens with zero attached hydrogens (tertiary/aromatic N) is 6. The van der Waals surface area contributed by atoms with Gasteiger partial charge in [0.25, 0.3) is 0 Å². The lowest BCUT2D eigenvalue weighted by Gasteiger charge is -2.40. The van der Waals surface area contributed by atoms with Gasteiger partial charge in [0.05, 0.1) is 23.8 Å². The third-order valence-electron chi connectivity index (χ3n) is 8.49. The second kappa shape index (κ2) is 16.0. The van der Waals surface area contributed by atoms with Crippen molar-refractivity contribution in [2.75, 3.05) is 32.7 Å². The van der Waals surface area contributed by atoms with E-state index in [2.05, 4.69) is 38.7 Å². The Morgan fingerprint density at radius 3 is 2.61 bits per heavy atom. The number of hydrazine groups is 1. The van der Waals surface area contributed by atoms with Crippen LogP contribution in [0.4, 0.5) is 0 Å². The van der Waals surface area contributed by atoms with Gasteiger partial charge in [-0.15, -0.1) is 0 Å². The molecule has 3 heterocycles. The van der Waals surface area contributed by atoms with E-state index >= 15 is 0 Å². The van der Waals surface area contributed by atoms with Crippen LogP contribution in [-0.4, -0.2) is 68.5 Å². The molecule has 1 saturated heterocycles. The van der Waals surface area contributed by atoms with Gasteiger partial charge in [0.15, 0.2) is 0 Å². The predicted molar refractivity (Wildman–Crippen MR) is 176 cm³/mol. The van der Waals surface area contributed by atoms with Crippen LogP contribution >= 0.6 is 11.6 Å². The van der Waals surface area contributed by atoms with Crippen LogP contribution in [0, 0.1) is 6.92 Å². The van der Waals surface area contributed by atoms with Gasteiger partial charge in [0.1, 0.15) is 0 Å². The monoisotopic (exact) mass is 613 g/mol. The molecule has 0 bridgehead atoms. The Kier molecular flexibility index (Phi) is 11.5. The smallest absolute Gasteiger partial charge is 0.210 e. The minimum absolute atomic E-state index is 0.201. The molecular formula is C35H44ClN7O. The molecule has 1 aromatic carbocycles. The standard InChI is InChI=1S/C20H25ClN4.C15H19N3O/c21-17-7-6-15-3-1-4-16-5-2-10-23-19(16)20(18(15)9-8-17)24-11-13-25(22)14-12-24;1-14-10-17(12-16-14)8-5-9-18(13-19)11-15-6-3-2-4-7-15/h2,5,7-10,20H,1,3-4,6,11-14,22H2;2-4,6-7,10,12-13H,5,8-9,11H2,1H3. The molecule has 232 valence electrons. The number of hydrogen-bond donors (Lipinski definition) is 1. The van der Waals surface area contributed by atoms with Gasteiger partial charge in [-0.05, 0) is 67.9 Å². The normalized spacial score (nSPS) is 19.0. The number of aryl methyl sites for hydroxylation is 3. The second-order valence-corrected chi connectivity index (χ2v) is 12.2. The van der Waals surface area contributed by atoms with Gasteiger partial charge in [-0.3, -0.25) is 20.5 Å². The molecule has 0 saturated carbocycles. The third kappa shape index (κ3) is 8.76. The summed E-state index contributed by atoms with van der Waals surface area (Å²) in [6.45, 7) is 8.01. The summed E-state index contributed by atoms with van der Waals surface area (Å²) in [5.41, 5.74) is 7.67. The molecule has 2 aromatic heterocycles. The van der Waals surface area contributed by atoms with Gasteiger partial charge >= 0.3 is 0 Å². The van der Waals surface area contributed by atoms with Crippen LogP contribution in [0.1, 0.15) is 54.2 Å². The number of nitrogens with two attached hydrogens (primary N) is 1.